The lowest BCUT2D eigenvalue weighted by molar-refractivity contribution is 0.0834. The minimum absolute atomic E-state index is 0.167. The van der Waals surface area contributed by atoms with Gasteiger partial charge in [0.25, 0.3) is 0 Å². The minimum atomic E-state index is -0.167. The number of nitrogens with zero attached hydrogens (tertiary/aromatic N) is 2. The zero-order valence-electron chi connectivity index (χ0n) is 11.0. The van der Waals surface area contributed by atoms with Crippen molar-refractivity contribution in [1.82, 2.24) is 9.80 Å². The van der Waals surface area contributed by atoms with Gasteiger partial charge in [-0.3, -0.25) is 9.80 Å². The summed E-state index contributed by atoms with van der Waals surface area (Å²) in [5, 5.41) is 0. The maximum Gasteiger partial charge on any atom is 0.124 e. The molecule has 0 aliphatic carbocycles. The molecule has 1 heterocycles. The fraction of sp³-hybridized carbons (Fsp3) is 0.571. The Bertz CT molecular complexity index is 391. The van der Waals surface area contributed by atoms with Crippen LogP contribution in [0.15, 0.2) is 22.7 Å². The summed E-state index contributed by atoms with van der Waals surface area (Å²) in [7, 11) is 0. The molecule has 0 amide bonds. The average Bonchev–Trinajstić information content (AvgIpc) is 2.27. The summed E-state index contributed by atoms with van der Waals surface area (Å²) in [6, 6.07) is 5.71. The molecule has 0 aromatic heterocycles. The van der Waals surface area contributed by atoms with Gasteiger partial charge in [-0.05, 0) is 37.2 Å². The Morgan fingerprint density at radius 3 is 2.72 bits per heavy atom. The summed E-state index contributed by atoms with van der Waals surface area (Å²) in [5.41, 5.74) is 1.04. The van der Waals surface area contributed by atoms with E-state index in [1.165, 1.54) is 6.07 Å². The number of rotatable bonds is 3. The van der Waals surface area contributed by atoms with Crippen LogP contribution < -0.4 is 0 Å². The fourth-order valence-corrected chi connectivity index (χ4v) is 3.16. The highest BCUT2D eigenvalue weighted by atomic mass is 79.9. The van der Waals surface area contributed by atoms with Crippen LogP contribution in [0.5, 0.6) is 0 Å². The third kappa shape index (κ3) is 3.53. The second-order valence-electron chi connectivity index (χ2n) is 4.99. The van der Waals surface area contributed by atoms with E-state index in [0.717, 1.165) is 42.8 Å². The molecule has 1 unspecified atom stereocenters. The normalized spacial score (nSPS) is 22.3. The molecule has 1 saturated heterocycles. The first kappa shape index (κ1) is 14.0. The number of hydrogen-bond acceptors (Lipinski definition) is 2. The van der Waals surface area contributed by atoms with Gasteiger partial charge in [0.2, 0.25) is 0 Å². The second-order valence-corrected chi connectivity index (χ2v) is 5.91. The van der Waals surface area contributed by atoms with Gasteiger partial charge < -0.3 is 0 Å². The molecule has 1 aliphatic heterocycles. The average molecular weight is 315 g/mol. The van der Waals surface area contributed by atoms with Gasteiger partial charge in [-0.1, -0.05) is 22.9 Å². The molecule has 0 saturated carbocycles. The highest BCUT2D eigenvalue weighted by Gasteiger charge is 2.22. The van der Waals surface area contributed by atoms with Crippen molar-refractivity contribution in [3.63, 3.8) is 0 Å². The molecule has 0 N–H and O–H groups in total. The number of hydrogen-bond donors (Lipinski definition) is 0. The van der Waals surface area contributed by atoms with Crippen molar-refractivity contribution in [2.75, 3.05) is 26.2 Å². The summed E-state index contributed by atoms with van der Waals surface area (Å²) >= 11 is 3.34. The van der Waals surface area contributed by atoms with Gasteiger partial charge in [0.05, 0.1) is 0 Å². The van der Waals surface area contributed by atoms with Crippen molar-refractivity contribution in [2.24, 2.45) is 0 Å². The largest absolute Gasteiger partial charge is 0.298 e. The Morgan fingerprint density at radius 1 is 1.33 bits per heavy atom. The van der Waals surface area contributed by atoms with Crippen molar-refractivity contribution in [2.45, 2.75) is 26.4 Å². The lowest BCUT2D eigenvalue weighted by Gasteiger charge is -2.39. The van der Waals surface area contributed by atoms with E-state index >= 15 is 0 Å². The molecule has 18 heavy (non-hydrogen) atoms. The van der Waals surface area contributed by atoms with E-state index in [0.29, 0.717) is 6.04 Å². The molecule has 1 aromatic rings. The van der Waals surface area contributed by atoms with Crippen LogP contribution in [0, 0.1) is 5.82 Å². The van der Waals surface area contributed by atoms with E-state index in [2.05, 4.69) is 39.6 Å². The van der Waals surface area contributed by atoms with Gasteiger partial charge in [0, 0.05) is 36.7 Å². The van der Waals surface area contributed by atoms with Crippen molar-refractivity contribution < 1.29 is 4.39 Å². The van der Waals surface area contributed by atoms with Crippen molar-refractivity contribution >= 4 is 15.9 Å². The predicted octanol–water partition coefficient (Wildman–Crippen LogP) is 3.11. The smallest absolute Gasteiger partial charge is 0.124 e. The molecule has 2 rings (SSSR count). The first-order valence-corrected chi connectivity index (χ1v) is 7.29. The van der Waals surface area contributed by atoms with Crippen LogP contribution in [-0.4, -0.2) is 42.0 Å². The number of halogens is 2. The molecule has 0 spiro atoms. The summed E-state index contributed by atoms with van der Waals surface area (Å²) in [6.45, 7) is 9.63. The van der Waals surface area contributed by atoms with Crippen LogP contribution in [0.25, 0.3) is 0 Å². The SMILES string of the molecule is CCN1CCN(Cc2cc(F)cc(Br)c2)CC1C. The van der Waals surface area contributed by atoms with E-state index in [-0.39, 0.29) is 5.82 Å². The first-order chi connectivity index (χ1) is 8.58. The van der Waals surface area contributed by atoms with Crippen molar-refractivity contribution in [1.29, 1.82) is 0 Å². The first-order valence-electron chi connectivity index (χ1n) is 6.50. The molecule has 1 atom stereocenters. The summed E-state index contributed by atoms with van der Waals surface area (Å²) in [6.07, 6.45) is 0. The second kappa shape index (κ2) is 6.13. The van der Waals surface area contributed by atoms with Crippen LogP contribution >= 0.6 is 15.9 Å². The highest BCUT2D eigenvalue weighted by molar-refractivity contribution is 9.10. The monoisotopic (exact) mass is 314 g/mol. The predicted molar refractivity (Wildman–Crippen MR) is 76.1 cm³/mol. The zero-order valence-corrected chi connectivity index (χ0v) is 12.6. The molecule has 4 heteroatoms. The molecular formula is C14H20BrFN2. The van der Waals surface area contributed by atoms with Crippen molar-refractivity contribution in [3.8, 4) is 0 Å². The molecule has 2 nitrogen and oxygen atoms in total. The molecule has 0 bridgehead atoms. The zero-order chi connectivity index (χ0) is 13.1. The molecule has 0 radical (unpaired) electrons. The van der Waals surface area contributed by atoms with Gasteiger partial charge in [0.15, 0.2) is 0 Å². The molecule has 1 fully saturated rings. The van der Waals surface area contributed by atoms with Gasteiger partial charge in [-0.25, -0.2) is 4.39 Å². The van der Waals surface area contributed by atoms with Crippen LogP contribution in [0.4, 0.5) is 4.39 Å². The van der Waals surface area contributed by atoms with Crippen LogP contribution in [0.1, 0.15) is 19.4 Å². The third-order valence-corrected chi connectivity index (χ3v) is 4.04. The Balaban J connectivity index is 1.98. The number of likely N-dealkylation sites (N-methyl/N-ethyl adjacent to an activating group) is 1. The lowest BCUT2D eigenvalue weighted by Crippen LogP contribution is -2.51. The van der Waals surface area contributed by atoms with E-state index in [9.17, 15) is 4.39 Å². The molecule has 1 aromatic carbocycles. The Hall–Kier alpha value is -0.450. The Kier molecular flexibility index (Phi) is 4.76. The standard InChI is InChI=1S/C14H20BrFN2/c1-3-18-5-4-17(9-11(18)2)10-12-6-13(15)8-14(16)7-12/h6-8,11H,3-5,9-10H2,1-2H3. The van der Waals surface area contributed by atoms with E-state index in [4.69, 9.17) is 0 Å². The lowest BCUT2D eigenvalue weighted by atomic mass is 10.1. The molecular weight excluding hydrogens is 295 g/mol. The maximum atomic E-state index is 13.3. The number of piperazine rings is 1. The van der Waals surface area contributed by atoms with Gasteiger partial charge >= 0.3 is 0 Å². The summed E-state index contributed by atoms with van der Waals surface area (Å²) in [5.74, 6) is -0.167. The maximum absolute atomic E-state index is 13.3. The summed E-state index contributed by atoms with van der Waals surface area (Å²) < 4.78 is 14.1. The molecule has 100 valence electrons. The van der Waals surface area contributed by atoms with Gasteiger partial charge in [-0.15, -0.1) is 0 Å². The minimum Gasteiger partial charge on any atom is -0.298 e. The van der Waals surface area contributed by atoms with E-state index in [1.54, 1.807) is 6.07 Å². The van der Waals surface area contributed by atoms with Crippen LogP contribution in [0.2, 0.25) is 0 Å². The van der Waals surface area contributed by atoms with E-state index in [1.807, 2.05) is 6.07 Å². The van der Waals surface area contributed by atoms with Gasteiger partial charge in [-0.2, -0.15) is 0 Å². The quantitative estimate of drug-likeness (QED) is 0.846. The van der Waals surface area contributed by atoms with Crippen LogP contribution in [-0.2, 0) is 6.54 Å². The van der Waals surface area contributed by atoms with E-state index < -0.39 is 0 Å². The fourth-order valence-electron chi connectivity index (χ4n) is 2.64. The van der Waals surface area contributed by atoms with Crippen molar-refractivity contribution in [3.05, 3.63) is 34.1 Å². The third-order valence-electron chi connectivity index (χ3n) is 3.58. The highest BCUT2D eigenvalue weighted by Crippen LogP contribution is 2.18. The Morgan fingerprint density at radius 2 is 2.11 bits per heavy atom. The summed E-state index contributed by atoms with van der Waals surface area (Å²) in [4.78, 5) is 4.88. The molecule has 1 aliphatic rings. The van der Waals surface area contributed by atoms with Crippen LogP contribution in [0.3, 0.4) is 0 Å². The van der Waals surface area contributed by atoms with Gasteiger partial charge in [0.1, 0.15) is 5.82 Å². The number of benzene rings is 1. The topological polar surface area (TPSA) is 6.48 Å². The Labute approximate surface area is 117 Å².